The quantitative estimate of drug-likeness (QED) is 0.750. The van der Waals surface area contributed by atoms with Crippen LogP contribution in [0.4, 0.5) is 0 Å². The summed E-state index contributed by atoms with van der Waals surface area (Å²) in [6, 6.07) is 7.46. The number of hydrogen-bond acceptors (Lipinski definition) is 5. The highest BCUT2D eigenvalue weighted by atomic mass is 32.2. The smallest absolute Gasteiger partial charge is 0.243 e. The molecule has 1 aliphatic carbocycles. The molecule has 2 aliphatic heterocycles. The van der Waals surface area contributed by atoms with E-state index in [1.807, 2.05) is 6.92 Å². The van der Waals surface area contributed by atoms with Gasteiger partial charge in [0.25, 0.3) is 0 Å². The van der Waals surface area contributed by atoms with Crippen molar-refractivity contribution in [2.75, 3.05) is 46.0 Å². The first kappa shape index (κ1) is 20.1. The van der Waals surface area contributed by atoms with Crippen LogP contribution < -0.4 is 4.74 Å². The highest BCUT2D eigenvalue weighted by molar-refractivity contribution is 7.89. The lowest BCUT2D eigenvalue weighted by Crippen LogP contribution is -2.45. The van der Waals surface area contributed by atoms with Crippen LogP contribution in [0.15, 0.2) is 29.2 Å². The van der Waals surface area contributed by atoms with Crippen molar-refractivity contribution in [1.29, 1.82) is 0 Å². The highest BCUT2D eigenvalue weighted by Gasteiger charge is 2.44. The minimum absolute atomic E-state index is 0.327. The number of hydrogen-bond donors (Lipinski definition) is 0. The number of ether oxygens (including phenoxy) is 2. The maximum absolute atomic E-state index is 13.0. The van der Waals surface area contributed by atoms with Crippen LogP contribution >= 0.6 is 0 Å². The summed E-state index contributed by atoms with van der Waals surface area (Å²) in [6.45, 7) is 7.52. The van der Waals surface area contributed by atoms with E-state index in [1.165, 1.54) is 19.3 Å². The fraction of sp³-hybridized carbons (Fsp3) is 0.714. The zero-order valence-corrected chi connectivity index (χ0v) is 17.6. The molecule has 0 bridgehead atoms. The van der Waals surface area contributed by atoms with E-state index in [0.717, 1.165) is 39.1 Å². The first-order valence-corrected chi connectivity index (χ1v) is 12.0. The molecule has 3 aliphatic rings. The minimum Gasteiger partial charge on any atom is -0.494 e. The van der Waals surface area contributed by atoms with Crippen molar-refractivity contribution >= 4 is 10.0 Å². The van der Waals surface area contributed by atoms with Crippen LogP contribution in [0.1, 0.15) is 39.0 Å². The van der Waals surface area contributed by atoms with E-state index >= 15 is 0 Å². The molecule has 3 fully saturated rings. The zero-order valence-electron chi connectivity index (χ0n) is 16.8. The molecule has 1 aromatic rings. The van der Waals surface area contributed by atoms with Gasteiger partial charge in [0.1, 0.15) is 5.75 Å². The van der Waals surface area contributed by atoms with Crippen molar-refractivity contribution in [2.45, 2.75) is 50.0 Å². The fourth-order valence-corrected chi connectivity index (χ4v) is 6.55. The molecule has 1 atom stereocenters. The Morgan fingerprint density at radius 2 is 1.75 bits per heavy atom. The van der Waals surface area contributed by atoms with Crippen molar-refractivity contribution in [3.8, 4) is 5.75 Å². The van der Waals surface area contributed by atoms with E-state index < -0.39 is 10.0 Å². The third kappa shape index (κ3) is 4.08. The molecule has 1 spiro atoms. The van der Waals surface area contributed by atoms with Gasteiger partial charge in [0.05, 0.1) is 24.7 Å². The van der Waals surface area contributed by atoms with Gasteiger partial charge in [0.15, 0.2) is 0 Å². The standard InChI is InChI=1S/C21H32N2O4S/c1-2-27-19-3-5-20(6-4-19)28(24,25)23-11-9-21(10-12-23)8-7-18(17-21)22-13-15-26-16-14-22/h3-6,18H,2,7-17H2,1H3. The van der Waals surface area contributed by atoms with E-state index in [0.29, 0.717) is 41.8 Å². The number of nitrogens with zero attached hydrogens (tertiary/aromatic N) is 2. The van der Waals surface area contributed by atoms with Crippen molar-refractivity contribution in [3.05, 3.63) is 24.3 Å². The Kier molecular flexibility index (Phi) is 5.97. The number of piperidine rings is 1. The number of rotatable bonds is 5. The van der Waals surface area contributed by atoms with Gasteiger partial charge in [-0.1, -0.05) is 0 Å². The molecular weight excluding hydrogens is 376 g/mol. The second kappa shape index (κ2) is 8.30. The largest absolute Gasteiger partial charge is 0.494 e. The molecule has 1 unspecified atom stereocenters. The van der Waals surface area contributed by atoms with Gasteiger partial charge in [-0.15, -0.1) is 0 Å². The first-order valence-electron chi connectivity index (χ1n) is 10.6. The summed E-state index contributed by atoms with van der Waals surface area (Å²) in [4.78, 5) is 2.95. The van der Waals surface area contributed by atoms with Crippen LogP contribution in [-0.2, 0) is 14.8 Å². The minimum atomic E-state index is -3.42. The average molecular weight is 409 g/mol. The first-order chi connectivity index (χ1) is 13.5. The van der Waals surface area contributed by atoms with Gasteiger partial charge in [0, 0.05) is 32.2 Å². The molecule has 2 heterocycles. The van der Waals surface area contributed by atoms with Gasteiger partial charge >= 0.3 is 0 Å². The predicted molar refractivity (Wildman–Crippen MR) is 108 cm³/mol. The van der Waals surface area contributed by atoms with E-state index in [2.05, 4.69) is 4.90 Å². The summed E-state index contributed by atoms with van der Waals surface area (Å²) in [5.41, 5.74) is 0.327. The Balaban J connectivity index is 1.37. The van der Waals surface area contributed by atoms with Crippen LogP contribution in [0, 0.1) is 5.41 Å². The molecule has 6 nitrogen and oxygen atoms in total. The molecule has 156 valence electrons. The van der Waals surface area contributed by atoms with Crippen LogP contribution in [-0.4, -0.2) is 69.7 Å². The topological polar surface area (TPSA) is 59.1 Å². The summed E-state index contributed by atoms with van der Waals surface area (Å²) in [5.74, 6) is 0.708. The Morgan fingerprint density at radius 3 is 2.39 bits per heavy atom. The van der Waals surface area contributed by atoms with Gasteiger partial charge in [-0.25, -0.2) is 8.42 Å². The maximum atomic E-state index is 13.0. The fourth-order valence-electron chi connectivity index (χ4n) is 5.11. The molecule has 0 radical (unpaired) electrons. The zero-order chi connectivity index (χ0) is 19.6. The van der Waals surface area contributed by atoms with E-state index in [4.69, 9.17) is 9.47 Å². The molecule has 4 rings (SSSR count). The van der Waals surface area contributed by atoms with Gasteiger partial charge in [-0.05, 0) is 68.7 Å². The Labute approximate surface area is 168 Å². The second-order valence-electron chi connectivity index (χ2n) is 8.35. The van der Waals surface area contributed by atoms with E-state index in [9.17, 15) is 8.42 Å². The van der Waals surface area contributed by atoms with Crippen LogP contribution in [0.5, 0.6) is 5.75 Å². The summed E-state index contributed by atoms with van der Waals surface area (Å²) in [6.07, 6.45) is 5.63. The van der Waals surface area contributed by atoms with Crippen molar-refractivity contribution in [2.24, 2.45) is 5.41 Å². The molecule has 28 heavy (non-hydrogen) atoms. The van der Waals surface area contributed by atoms with Gasteiger partial charge in [-0.3, -0.25) is 4.90 Å². The molecule has 2 saturated heterocycles. The van der Waals surface area contributed by atoms with Crippen molar-refractivity contribution < 1.29 is 17.9 Å². The lowest BCUT2D eigenvalue weighted by atomic mass is 9.77. The van der Waals surface area contributed by atoms with Crippen LogP contribution in [0.3, 0.4) is 0 Å². The third-order valence-electron chi connectivity index (χ3n) is 6.79. The van der Waals surface area contributed by atoms with Gasteiger partial charge < -0.3 is 9.47 Å². The van der Waals surface area contributed by atoms with Crippen LogP contribution in [0.2, 0.25) is 0 Å². The number of morpholine rings is 1. The summed E-state index contributed by atoms with van der Waals surface area (Å²) >= 11 is 0. The molecule has 0 amide bonds. The van der Waals surface area contributed by atoms with Gasteiger partial charge in [0.2, 0.25) is 10.0 Å². The molecule has 0 N–H and O–H groups in total. The summed E-state index contributed by atoms with van der Waals surface area (Å²) in [7, 11) is -3.42. The molecule has 7 heteroatoms. The lowest BCUT2D eigenvalue weighted by molar-refractivity contribution is 0.0137. The molecule has 0 aromatic heterocycles. The van der Waals surface area contributed by atoms with Gasteiger partial charge in [-0.2, -0.15) is 4.31 Å². The van der Waals surface area contributed by atoms with Crippen molar-refractivity contribution in [3.63, 3.8) is 0 Å². The normalized spacial score (nSPS) is 26.5. The number of benzene rings is 1. The SMILES string of the molecule is CCOc1ccc(S(=O)(=O)N2CCC3(CCC(N4CCOCC4)C3)CC2)cc1. The predicted octanol–water partition coefficient (Wildman–Crippen LogP) is 2.74. The van der Waals surface area contributed by atoms with E-state index in [1.54, 1.807) is 28.6 Å². The summed E-state index contributed by atoms with van der Waals surface area (Å²) < 4.78 is 38.7. The monoisotopic (exact) mass is 408 g/mol. The second-order valence-corrected chi connectivity index (χ2v) is 10.3. The molecular formula is C21H32N2O4S. The molecule has 1 saturated carbocycles. The molecule has 1 aromatic carbocycles. The number of sulfonamides is 1. The Bertz CT molecular complexity index is 751. The lowest BCUT2D eigenvalue weighted by Gasteiger charge is -2.40. The van der Waals surface area contributed by atoms with Crippen LogP contribution in [0.25, 0.3) is 0 Å². The van der Waals surface area contributed by atoms with E-state index in [-0.39, 0.29) is 0 Å². The summed E-state index contributed by atoms with van der Waals surface area (Å²) in [5, 5.41) is 0. The maximum Gasteiger partial charge on any atom is 0.243 e. The Hall–Kier alpha value is -1.15. The third-order valence-corrected chi connectivity index (χ3v) is 8.71. The highest BCUT2D eigenvalue weighted by Crippen LogP contribution is 2.48. The Morgan fingerprint density at radius 1 is 1.07 bits per heavy atom. The van der Waals surface area contributed by atoms with Crippen molar-refractivity contribution in [1.82, 2.24) is 9.21 Å². The average Bonchev–Trinajstić information content (AvgIpc) is 3.13.